The number of benzene rings is 1. The van der Waals surface area contributed by atoms with E-state index in [-0.39, 0.29) is 5.56 Å². The summed E-state index contributed by atoms with van der Waals surface area (Å²) >= 11 is 1.88. The lowest BCUT2D eigenvalue weighted by molar-refractivity contribution is 0.222. The number of piperidine rings is 1. The van der Waals surface area contributed by atoms with Crippen molar-refractivity contribution in [3.05, 3.63) is 51.3 Å². The van der Waals surface area contributed by atoms with Gasteiger partial charge in [-0.05, 0) is 69.1 Å². The number of fused-ring (bicyclic) bond motifs is 3. The van der Waals surface area contributed by atoms with Gasteiger partial charge in [-0.2, -0.15) is 5.10 Å². The molecule has 1 fully saturated rings. The average molecular weight is 421 g/mol. The van der Waals surface area contributed by atoms with Crippen LogP contribution >= 0.6 is 11.3 Å². The first kappa shape index (κ1) is 19.5. The van der Waals surface area contributed by atoms with Gasteiger partial charge in [0, 0.05) is 33.9 Å². The molecule has 0 amide bonds. The first-order valence-corrected chi connectivity index (χ1v) is 11.8. The van der Waals surface area contributed by atoms with Crippen molar-refractivity contribution < 1.29 is 0 Å². The van der Waals surface area contributed by atoms with Crippen LogP contribution in [0.4, 0.5) is 0 Å². The molecule has 0 saturated carbocycles. The highest BCUT2D eigenvalue weighted by atomic mass is 32.1. The van der Waals surface area contributed by atoms with Crippen molar-refractivity contribution in [2.75, 3.05) is 13.1 Å². The van der Waals surface area contributed by atoms with Gasteiger partial charge in [0.25, 0.3) is 5.56 Å². The minimum Gasteiger partial charge on any atom is -0.308 e. The highest BCUT2D eigenvalue weighted by molar-refractivity contribution is 7.15. The van der Waals surface area contributed by atoms with E-state index >= 15 is 0 Å². The Hall–Kier alpha value is -2.44. The Kier molecular flexibility index (Phi) is 5.21. The van der Waals surface area contributed by atoms with Crippen LogP contribution in [0.2, 0.25) is 0 Å². The monoisotopic (exact) mass is 420 g/mol. The number of aromatic amines is 1. The predicted octanol–water partition coefficient (Wildman–Crippen LogP) is 5.31. The molecule has 1 aliphatic rings. The fourth-order valence-corrected chi connectivity index (χ4v) is 5.69. The quantitative estimate of drug-likeness (QED) is 0.476. The molecule has 0 unspecified atom stereocenters. The van der Waals surface area contributed by atoms with Crippen LogP contribution in [0.5, 0.6) is 0 Å². The number of aromatic nitrogens is 3. The van der Waals surface area contributed by atoms with Gasteiger partial charge in [-0.25, -0.2) is 0 Å². The minimum absolute atomic E-state index is 0.0540. The van der Waals surface area contributed by atoms with Gasteiger partial charge in [-0.15, -0.1) is 11.3 Å². The summed E-state index contributed by atoms with van der Waals surface area (Å²) in [5.74, 6) is 0. The Balaban J connectivity index is 1.57. The van der Waals surface area contributed by atoms with Crippen molar-refractivity contribution >= 4 is 33.1 Å². The summed E-state index contributed by atoms with van der Waals surface area (Å²) in [5, 5.41) is 9.27. The van der Waals surface area contributed by atoms with E-state index in [4.69, 9.17) is 0 Å². The number of nitrogens with zero attached hydrogens (tertiary/aromatic N) is 3. The van der Waals surface area contributed by atoms with Crippen LogP contribution in [0.3, 0.4) is 0 Å². The Morgan fingerprint density at radius 2 is 1.97 bits per heavy atom. The third-order valence-corrected chi connectivity index (χ3v) is 7.29. The molecule has 5 nitrogen and oxygen atoms in total. The van der Waals surface area contributed by atoms with Crippen LogP contribution in [-0.4, -0.2) is 32.8 Å². The number of hydrogen-bond donors (Lipinski definition) is 1. The van der Waals surface area contributed by atoms with Crippen LogP contribution in [-0.2, 0) is 13.1 Å². The zero-order valence-corrected chi connectivity index (χ0v) is 18.5. The van der Waals surface area contributed by atoms with Gasteiger partial charge in [-0.1, -0.05) is 19.4 Å². The van der Waals surface area contributed by atoms with Crippen molar-refractivity contribution in [3.63, 3.8) is 0 Å². The molecule has 0 bridgehead atoms. The van der Waals surface area contributed by atoms with Crippen LogP contribution in [0.1, 0.15) is 43.2 Å². The van der Waals surface area contributed by atoms with Crippen molar-refractivity contribution in [1.29, 1.82) is 0 Å². The van der Waals surface area contributed by atoms with Gasteiger partial charge in [0.05, 0.1) is 10.9 Å². The van der Waals surface area contributed by atoms with Crippen molar-refractivity contribution in [2.45, 2.75) is 52.6 Å². The first-order valence-electron chi connectivity index (χ1n) is 11.0. The third kappa shape index (κ3) is 3.38. The molecule has 30 heavy (non-hydrogen) atoms. The summed E-state index contributed by atoms with van der Waals surface area (Å²) in [4.78, 5) is 18.3. The minimum atomic E-state index is 0.0540. The summed E-state index contributed by atoms with van der Waals surface area (Å²) in [6.45, 7) is 8.23. The lowest BCUT2D eigenvalue weighted by Gasteiger charge is -2.25. The van der Waals surface area contributed by atoms with E-state index < -0.39 is 0 Å². The molecular formula is C24H28N4OS. The number of likely N-dealkylation sites (tertiary alicyclic amines) is 1. The molecule has 4 heterocycles. The summed E-state index contributed by atoms with van der Waals surface area (Å²) in [5.41, 5.74) is 3.84. The van der Waals surface area contributed by atoms with Crippen molar-refractivity contribution in [2.24, 2.45) is 0 Å². The van der Waals surface area contributed by atoms with E-state index in [9.17, 15) is 4.79 Å². The topological polar surface area (TPSA) is 53.9 Å². The summed E-state index contributed by atoms with van der Waals surface area (Å²) in [7, 11) is 0. The molecule has 5 rings (SSSR count). The van der Waals surface area contributed by atoms with Crippen LogP contribution < -0.4 is 5.56 Å². The van der Waals surface area contributed by atoms with Gasteiger partial charge in [0.1, 0.15) is 5.52 Å². The van der Waals surface area contributed by atoms with E-state index in [1.807, 2.05) is 22.8 Å². The molecule has 1 aliphatic heterocycles. The Labute approximate surface area is 180 Å². The fourth-order valence-electron chi connectivity index (χ4n) is 4.65. The lowest BCUT2D eigenvalue weighted by Crippen LogP contribution is -2.28. The molecule has 156 valence electrons. The van der Waals surface area contributed by atoms with Gasteiger partial charge in [0.15, 0.2) is 0 Å². The van der Waals surface area contributed by atoms with Crippen LogP contribution in [0.15, 0.2) is 35.1 Å². The van der Waals surface area contributed by atoms with E-state index in [1.165, 1.54) is 47.7 Å². The third-order valence-electron chi connectivity index (χ3n) is 6.17. The number of aryl methyl sites for hydroxylation is 2. The first-order chi connectivity index (χ1) is 14.7. The fraction of sp³-hybridized carbons (Fsp3) is 0.417. The summed E-state index contributed by atoms with van der Waals surface area (Å²) < 4.78 is 1.90. The Morgan fingerprint density at radius 1 is 1.13 bits per heavy atom. The van der Waals surface area contributed by atoms with Gasteiger partial charge in [0.2, 0.25) is 0 Å². The van der Waals surface area contributed by atoms with E-state index in [1.54, 1.807) is 0 Å². The zero-order valence-electron chi connectivity index (χ0n) is 17.7. The largest absolute Gasteiger partial charge is 0.308 e. The lowest BCUT2D eigenvalue weighted by atomic mass is 10.1. The molecule has 1 aromatic carbocycles. The van der Waals surface area contributed by atoms with E-state index in [2.05, 4.69) is 52.4 Å². The molecule has 4 aromatic rings. The zero-order chi connectivity index (χ0) is 20.7. The summed E-state index contributed by atoms with van der Waals surface area (Å²) in [6, 6.07) is 11.0. The molecule has 0 spiro atoms. The molecule has 0 atom stereocenters. The van der Waals surface area contributed by atoms with Gasteiger partial charge in [-0.3, -0.25) is 14.8 Å². The highest BCUT2D eigenvalue weighted by Crippen LogP contribution is 2.33. The second-order valence-electron chi connectivity index (χ2n) is 8.36. The number of pyridine rings is 1. The van der Waals surface area contributed by atoms with Crippen molar-refractivity contribution in [1.82, 2.24) is 19.7 Å². The number of H-pyrrole nitrogens is 1. The molecule has 6 heteroatoms. The molecule has 1 N–H and O–H groups in total. The predicted molar refractivity (Wildman–Crippen MR) is 125 cm³/mol. The molecular weight excluding hydrogens is 392 g/mol. The second-order valence-corrected chi connectivity index (χ2v) is 9.53. The molecule has 0 radical (unpaired) electrons. The normalized spacial score (nSPS) is 15.4. The number of nitrogens with one attached hydrogen (secondary N) is 1. The number of hydrogen-bond acceptors (Lipinski definition) is 4. The SMILES string of the molecule is CCCn1c(=O)c2c(C)[nH]nc2c2cc(-c3ccc(CN4CCCCC4)s3)ccc21. The Morgan fingerprint density at radius 3 is 2.77 bits per heavy atom. The smallest absolute Gasteiger partial charge is 0.262 e. The maximum Gasteiger partial charge on any atom is 0.262 e. The average Bonchev–Trinajstić information content (AvgIpc) is 3.38. The van der Waals surface area contributed by atoms with E-state index in [0.717, 1.165) is 35.1 Å². The second kappa shape index (κ2) is 8.00. The summed E-state index contributed by atoms with van der Waals surface area (Å²) in [6.07, 6.45) is 4.93. The molecule has 3 aromatic heterocycles. The van der Waals surface area contributed by atoms with E-state index in [0.29, 0.717) is 11.9 Å². The maximum absolute atomic E-state index is 13.1. The maximum atomic E-state index is 13.1. The number of rotatable bonds is 5. The van der Waals surface area contributed by atoms with Crippen LogP contribution in [0, 0.1) is 6.92 Å². The highest BCUT2D eigenvalue weighted by Gasteiger charge is 2.17. The molecule has 0 aliphatic carbocycles. The van der Waals surface area contributed by atoms with Crippen LogP contribution in [0.25, 0.3) is 32.2 Å². The number of thiophene rings is 1. The standard InChI is InChI=1S/C24H28N4OS/c1-3-11-28-20-9-7-17(14-19(20)23-22(24(28)29)16(2)25-26-23)21-10-8-18(30-21)15-27-12-5-4-6-13-27/h7-10,14H,3-6,11-13,15H2,1-2H3,(H,25,26). The van der Waals surface area contributed by atoms with Gasteiger partial charge < -0.3 is 4.57 Å². The molecule has 1 saturated heterocycles. The Bertz CT molecular complexity index is 1260. The van der Waals surface area contributed by atoms with Gasteiger partial charge >= 0.3 is 0 Å². The van der Waals surface area contributed by atoms with Crippen molar-refractivity contribution in [3.8, 4) is 10.4 Å².